The van der Waals surface area contributed by atoms with Crippen molar-refractivity contribution in [3.05, 3.63) is 51.8 Å². The molecule has 26 heavy (non-hydrogen) atoms. The first kappa shape index (κ1) is 17.2. The highest BCUT2D eigenvalue weighted by Crippen LogP contribution is 2.27. The summed E-state index contributed by atoms with van der Waals surface area (Å²) in [5, 5.41) is 8.14. The summed E-state index contributed by atoms with van der Waals surface area (Å²) in [4.78, 5) is 24.5. The van der Waals surface area contributed by atoms with Gasteiger partial charge >= 0.3 is 0 Å². The quantitative estimate of drug-likeness (QED) is 0.739. The van der Waals surface area contributed by atoms with Gasteiger partial charge in [-0.25, -0.2) is 9.97 Å². The van der Waals surface area contributed by atoms with Gasteiger partial charge in [-0.3, -0.25) is 4.79 Å². The number of aryl methyl sites for hydroxylation is 1. The monoisotopic (exact) mass is 384 g/mol. The van der Waals surface area contributed by atoms with Crippen molar-refractivity contribution in [1.82, 2.24) is 15.3 Å². The number of hydrogen-bond donors (Lipinski definition) is 1. The Morgan fingerprint density at radius 3 is 2.85 bits per heavy atom. The van der Waals surface area contributed by atoms with E-state index in [0.29, 0.717) is 4.88 Å². The van der Waals surface area contributed by atoms with Crippen LogP contribution in [0.15, 0.2) is 41.2 Å². The van der Waals surface area contributed by atoms with Gasteiger partial charge in [0.1, 0.15) is 15.7 Å². The zero-order chi connectivity index (χ0) is 17.9. The van der Waals surface area contributed by atoms with E-state index in [1.807, 2.05) is 30.5 Å². The number of piperidine rings is 1. The van der Waals surface area contributed by atoms with Gasteiger partial charge in [0.2, 0.25) is 0 Å². The average Bonchev–Trinajstić information content (AvgIpc) is 3.34. The molecule has 0 bridgehead atoms. The number of rotatable bonds is 4. The summed E-state index contributed by atoms with van der Waals surface area (Å²) in [5.74, 6) is 1.01. The molecule has 134 valence electrons. The van der Waals surface area contributed by atoms with Gasteiger partial charge < -0.3 is 10.2 Å². The van der Waals surface area contributed by atoms with Crippen LogP contribution < -0.4 is 10.2 Å². The lowest BCUT2D eigenvalue weighted by Gasteiger charge is -2.33. The lowest BCUT2D eigenvalue weighted by atomic mass is 10.0. The van der Waals surface area contributed by atoms with Crippen LogP contribution in [0.2, 0.25) is 0 Å². The first-order valence-electron chi connectivity index (χ1n) is 8.67. The number of amides is 1. The van der Waals surface area contributed by atoms with Gasteiger partial charge in [-0.05, 0) is 43.3 Å². The van der Waals surface area contributed by atoms with Gasteiger partial charge in [0.25, 0.3) is 5.91 Å². The number of nitrogens with zero attached hydrogens (tertiary/aromatic N) is 3. The Morgan fingerprint density at radius 2 is 2.12 bits per heavy atom. The molecule has 0 aromatic carbocycles. The molecule has 0 spiro atoms. The van der Waals surface area contributed by atoms with Gasteiger partial charge in [0.05, 0.1) is 6.20 Å². The molecule has 1 saturated heterocycles. The van der Waals surface area contributed by atoms with Gasteiger partial charge in [-0.15, -0.1) is 11.3 Å². The Kier molecular flexibility index (Phi) is 4.99. The number of aromatic nitrogens is 2. The standard InChI is InChI=1S/C19H20N4OS2/c1-13-3-2-4-17(21-13)23-8-5-15(6-9-23)22-18(24)16-11-20-19(26-16)14-7-10-25-12-14/h2-4,7,10-12,15H,5-6,8-9H2,1H3,(H,22,24). The van der Waals surface area contributed by atoms with Crippen LogP contribution in [-0.2, 0) is 0 Å². The summed E-state index contributed by atoms with van der Waals surface area (Å²) in [6.07, 6.45) is 3.54. The fourth-order valence-electron chi connectivity index (χ4n) is 3.11. The third-order valence-corrected chi connectivity index (χ3v) is 6.25. The van der Waals surface area contributed by atoms with Gasteiger partial charge in [0, 0.05) is 35.8 Å². The van der Waals surface area contributed by atoms with E-state index in [-0.39, 0.29) is 11.9 Å². The van der Waals surface area contributed by atoms with Gasteiger partial charge in [-0.2, -0.15) is 11.3 Å². The number of nitrogens with one attached hydrogen (secondary N) is 1. The highest BCUT2D eigenvalue weighted by Gasteiger charge is 2.23. The molecule has 0 radical (unpaired) electrons. The van der Waals surface area contributed by atoms with Gasteiger partial charge in [-0.1, -0.05) is 6.07 Å². The van der Waals surface area contributed by atoms with Crippen LogP contribution in [-0.4, -0.2) is 35.0 Å². The average molecular weight is 385 g/mol. The molecule has 4 heterocycles. The van der Waals surface area contributed by atoms with Crippen molar-refractivity contribution < 1.29 is 4.79 Å². The van der Waals surface area contributed by atoms with Crippen LogP contribution in [0.5, 0.6) is 0 Å². The maximum Gasteiger partial charge on any atom is 0.263 e. The molecule has 7 heteroatoms. The fraction of sp³-hybridized carbons (Fsp3) is 0.316. The predicted molar refractivity (Wildman–Crippen MR) is 107 cm³/mol. The second kappa shape index (κ2) is 7.55. The van der Waals surface area contributed by atoms with Gasteiger partial charge in [0.15, 0.2) is 0 Å². The summed E-state index contributed by atoms with van der Waals surface area (Å²) in [7, 11) is 0. The molecule has 0 unspecified atom stereocenters. The Bertz CT molecular complexity index is 883. The van der Waals surface area contributed by atoms with E-state index in [2.05, 4.69) is 31.6 Å². The minimum Gasteiger partial charge on any atom is -0.356 e. The lowest BCUT2D eigenvalue weighted by Crippen LogP contribution is -2.44. The van der Waals surface area contributed by atoms with E-state index in [1.165, 1.54) is 11.3 Å². The minimum absolute atomic E-state index is 0.0175. The largest absolute Gasteiger partial charge is 0.356 e. The number of carbonyl (C=O) groups excluding carboxylic acids is 1. The van der Waals surface area contributed by atoms with E-state index in [0.717, 1.165) is 48.0 Å². The Hall–Kier alpha value is -2.25. The van der Waals surface area contributed by atoms with Crippen molar-refractivity contribution in [2.24, 2.45) is 0 Å². The molecule has 1 fully saturated rings. The number of thiazole rings is 1. The third-order valence-electron chi connectivity index (χ3n) is 4.53. The highest BCUT2D eigenvalue weighted by atomic mass is 32.1. The SMILES string of the molecule is Cc1cccc(N2CCC(NC(=O)c3cnc(-c4ccsc4)s3)CC2)n1. The molecule has 1 aliphatic heterocycles. The van der Waals surface area contributed by atoms with Crippen LogP contribution in [0.1, 0.15) is 28.2 Å². The molecule has 3 aromatic rings. The van der Waals surface area contributed by atoms with E-state index >= 15 is 0 Å². The summed E-state index contributed by atoms with van der Waals surface area (Å²) in [5.41, 5.74) is 2.11. The van der Waals surface area contributed by atoms with Crippen LogP contribution in [0.25, 0.3) is 10.6 Å². The Morgan fingerprint density at radius 1 is 1.27 bits per heavy atom. The van der Waals surface area contributed by atoms with Crippen LogP contribution in [0.3, 0.4) is 0 Å². The second-order valence-corrected chi connectivity index (χ2v) is 8.22. The molecule has 0 atom stereocenters. The van der Waals surface area contributed by atoms with E-state index in [1.54, 1.807) is 17.5 Å². The predicted octanol–water partition coefficient (Wildman–Crippen LogP) is 3.97. The van der Waals surface area contributed by atoms with Crippen molar-refractivity contribution in [2.45, 2.75) is 25.8 Å². The van der Waals surface area contributed by atoms with Crippen molar-refractivity contribution in [1.29, 1.82) is 0 Å². The first-order valence-corrected chi connectivity index (χ1v) is 10.4. The molecule has 4 rings (SSSR count). The molecule has 0 saturated carbocycles. The zero-order valence-corrected chi connectivity index (χ0v) is 16.1. The van der Waals surface area contributed by atoms with E-state index in [4.69, 9.17) is 0 Å². The topological polar surface area (TPSA) is 58.1 Å². The number of carbonyl (C=O) groups is 1. The number of anilines is 1. The summed E-state index contributed by atoms with van der Waals surface area (Å²) in [6, 6.07) is 8.33. The molecule has 5 nitrogen and oxygen atoms in total. The number of pyridine rings is 1. The maximum atomic E-state index is 12.5. The van der Waals surface area contributed by atoms with Crippen molar-refractivity contribution in [3.8, 4) is 10.6 Å². The number of thiophene rings is 1. The molecular formula is C19H20N4OS2. The lowest BCUT2D eigenvalue weighted by molar-refractivity contribution is 0.0935. The van der Waals surface area contributed by atoms with Crippen molar-refractivity contribution >= 4 is 34.4 Å². The zero-order valence-electron chi connectivity index (χ0n) is 14.5. The van der Waals surface area contributed by atoms with E-state index < -0.39 is 0 Å². The molecule has 0 aliphatic carbocycles. The van der Waals surface area contributed by atoms with Crippen molar-refractivity contribution in [3.63, 3.8) is 0 Å². The molecule has 3 aromatic heterocycles. The second-order valence-electron chi connectivity index (χ2n) is 6.41. The molecule has 1 aliphatic rings. The number of hydrogen-bond acceptors (Lipinski definition) is 6. The van der Waals surface area contributed by atoms with Crippen LogP contribution in [0.4, 0.5) is 5.82 Å². The molecular weight excluding hydrogens is 364 g/mol. The maximum absolute atomic E-state index is 12.5. The Labute approximate surface area is 160 Å². The normalized spacial score (nSPS) is 15.2. The van der Waals surface area contributed by atoms with E-state index in [9.17, 15) is 4.79 Å². The van der Waals surface area contributed by atoms with Crippen molar-refractivity contribution in [2.75, 3.05) is 18.0 Å². The summed E-state index contributed by atoms with van der Waals surface area (Å²) >= 11 is 3.09. The molecule has 1 N–H and O–H groups in total. The summed E-state index contributed by atoms with van der Waals surface area (Å²) < 4.78 is 0. The fourth-order valence-corrected chi connectivity index (χ4v) is 4.64. The third kappa shape index (κ3) is 3.78. The smallest absolute Gasteiger partial charge is 0.263 e. The van der Waals surface area contributed by atoms with Crippen LogP contribution in [0, 0.1) is 6.92 Å². The Balaban J connectivity index is 1.33. The highest BCUT2D eigenvalue weighted by molar-refractivity contribution is 7.17. The molecule has 1 amide bonds. The first-order chi connectivity index (χ1) is 12.7. The minimum atomic E-state index is -0.0175. The van der Waals surface area contributed by atoms with Crippen LogP contribution >= 0.6 is 22.7 Å². The summed E-state index contributed by atoms with van der Waals surface area (Å²) in [6.45, 7) is 3.82.